The summed E-state index contributed by atoms with van der Waals surface area (Å²) in [5, 5.41) is 13.4. The largest absolute Gasteiger partial charge is 0.466 e. The molecule has 1 N–H and O–H groups in total. The third-order valence-electron chi connectivity index (χ3n) is 2.42. The number of carbonyl (C=O) groups excluding carboxylic acids is 1. The molecule has 1 rings (SSSR count). The highest BCUT2D eigenvalue weighted by Gasteiger charge is 2.06. The highest BCUT2D eigenvalue weighted by Crippen LogP contribution is 2.11. The summed E-state index contributed by atoms with van der Waals surface area (Å²) >= 11 is 0. The molecule has 0 fully saturated rings. The second kappa shape index (κ2) is 8.08. The molecule has 0 spiro atoms. The Bertz CT molecular complexity index is 445. The van der Waals surface area contributed by atoms with Gasteiger partial charge in [0.05, 0.1) is 11.5 Å². The van der Waals surface area contributed by atoms with Crippen LogP contribution in [0.4, 0.5) is 11.5 Å². The van der Waals surface area contributed by atoms with Gasteiger partial charge in [0.2, 0.25) is 0 Å². The van der Waals surface area contributed by atoms with Crippen molar-refractivity contribution < 1.29 is 14.5 Å². The van der Waals surface area contributed by atoms with Crippen LogP contribution in [0.5, 0.6) is 0 Å². The molecular weight excluding hydrogens is 262 g/mol. The van der Waals surface area contributed by atoms with Gasteiger partial charge in [-0.15, -0.1) is 0 Å². The first-order valence-electron chi connectivity index (χ1n) is 6.49. The van der Waals surface area contributed by atoms with Crippen LogP contribution in [0.25, 0.3) is 0 Å². The van der Waals surface area contributed by atoms with Gasteiger partial charge in [-0.1, -0.05) is 13.8 Å². The maximum absolute atomic E-state index is 11.3. The summed E-state index contributed by atoms with van der Waals surface area (Å²) in [6.07, 6.45) is 2.28. The highest BCUT2D eigenvalue weighted by atomic mass is 16.6. The number of pyridine rings is 1. The van der Waals surface area contributed by atoms with Crippen LogP contribution in [0.2, 0.25) is 0 Å². The molecule has 0 aliphatic heterocycles. The number of anilines is 1. The van der Waals surface area contributed by atoms with Crippen molar-refractivity contribution in [2.24, 2.45) is 5.92 Å². The summed E-state index contributed by atoms with van der Waals surface area (Å²) in [5.74, 6) is 0.669. The number of carbonyl (C=O) groups is 1. The van der Waals surface area contributed by atoms with Crippen molar-refractivity contribution >= 4 is 17.5 Å². The minimum Gasteiger partial charge on any atom is -0.466 e. The van der Waals surface area contributed by atoms with Gasteiger partial charge in [0, 0.05) is 19.0 Å². The zero-order valence-corrected chi connectivity index (χ0v) is 11.7. The van der Waals surface area contributed by atoms with Gasteiger partial charge >= 0.3 is 5.97 Å². The van der Waals surface area contributed by atoms with E-state index in [0.717, 1.165) is 0 Å². The van der Waals surface area contributed by atoms with Crippen molar-refractivity contribution in [3.05, 3.63) is 28.4 Å². The Labute approximate surface area is 117 Å². The van der Waals surface area contributed by atoms with Crippen LogP contribution in [0, 0.1) is 16.0 Å². The lowest BCUT2D eigenvalue weighted by atomic mass is 10.1. The average molecular weight is 281 g/mol. The first-order valence-corrected chi connectivity index (χ1v) is 6.49. The van der Waals surface area contributed by atoms with Gasteiger partial charge in [0.15, 0.2) is 0 Å². The molecule has 7 nitrogen and oxygen atoms in total. The van der Waals surface area contributed by atoms with E-state index >= 15 is 0 Å². The molecule has 110 valence electrons. The van der Waals surface area contributed by atoms with Crippen LogP contribution in [0.3, 0.4) is 0 Å². The molecule has 0 radical (unpaired) electrons. The maximum Gasteiger partial charge on any atom is 0.306 e. The number of aromatic nitrogens is 1. The summed E-state index contributed by atoms with van der Waals surface area (Å²) in [4.78, 5) is 25.1. The molecule has 0 aliphatic rings. The zero-order chi connectivity index (χ0) is 15.0. The fourth-order valence-electron chi connectivity index (χ4n) is 1.47. The Kier molecular flexibility index (Phi) is 6.42. The quantitative estimate of drug-likeness (QED) is 0.340. The number of nitro groups is 1. The fourth-order valence-corrected chi connectivity index (χ4v) is 1.47. The summed E-state index contributed by atoms with van der Waals surface area (Å²) in [6.45, 7) is 4.86. The topological polar surface area (TPSA) is 94.4 Å². The Hall–Kier alpha value is -2.18. The van der Waals surface area contributed by atoms with E-state index < -0.39 is 4.92 Å². The second-order valence-electron chi connectivity index (χ2n) is 4.76. The van der Waals surface area contributed by atoms with E-state index in [1.54, 1.807) is 6.07 Å². The Morgan fingerprint density at radius 2 is 2.25 bits per heavy atom. The third kappa shape index (κ3) is 6.12. The molecule has 0 atom stereocenters. The van der Waals surface area contributed by atoms with Gasteiger partial charge in [-0.2, -0.15) is 0 Å². The molecule has 0 bridgehead atoms. The van der Waals surface area contributed by atoms with Gasteiger partial charge in [0.25, 0.3) is 5.69 Å². The Morgan fingerprint density at radius 1 is 1.50 bits per heavy atom. The van der Waals surface area contributed by atoms with Crippen LogP contribution in [-0.4, -0.2) is 29.0 Å². The number of hydrogen-bond donors (Lipinski definition) is 1. The van der Waals surface area contributed by atoms with Crippen molar-refractivity contribution in [1.82, 2.24) is 4.98 Å². The Balaban J connectivity index is 2.18. The van der Waals surface area contributed by atoms with E-state index in [0.29, 0.717) is 37.7 Å². The highest BCUT2D eigenvalue weighted by molar-refractivity contribution is 5.69. The molecule has 1 aromatic rings. The third-order valence-corrected chi connectivity index (χ3v) is 2.42. The van der Waals surface area contributed by atoms with Gasteiger partial charge in [-0.25, -0.2) is 4.98 Å². The molecule has 0 aliphatic carbocycles. The molecule has 0 saturated heterocycles. The molecular formula is C13H19N3O4. The van der Waals surface area contributed by atoms with Crippen molar-refractivity contribution in [2.75, 3.05) is 18.5 Å². The van der Waals surface area contributed by atoms with E-state index in [2.05, 4.69) is 10.3 Å². The van der Waals surface area contributed by atoms with Crippen LogP contribution in [-0.2, 0) is 9.53 Å². The second-order valence-corrected chi connectivity index (χ2v) is 4.76. The van der Waals surface area contributed by atoms with Gasteiger partial charge in [-0.05, 0) is 18.4 Å². The van der Waals surface area contributed by atoms with Crippen LogP contribution >= 0.6 is 0 Å². The van der Waals surface area contributed by atoms with E-state index in [9.17, 15) is 14.9 Å². The lowest BCUT2D eigenvalue weighted by molar-refractivity contribution is -0.385. The fraction of sp³-hybridized carbons (Fsp3) is 0.538. The lowest BCUT2D eigenvalue weighted by Crippen LogP contribution is -2.12. The van der Waals surface area contributed by atoms with Gasteiger partial charge in [-0.3, -0.25) is 14.9 Å². The monoisotopic (exact) mass is 281 g/mol. The summed E-state index contributed by atoms with van der Waals surface area (Å²) in [5.41, 5.74) is -0.0434. The SMILES string of the molecule is CC(C)CC(=O)OCCCNc1ccc([N+](=O)[O-])cn1. The molecule has 0 amide bonds. The predicted molar refractivity (Wildman–Crippen MR) is 74.4 cm³/mol. The number of nitrogens with zero attached hydrogens (tertiary/aromatic N) is 2. The number of esters is 1. The molecule has 0 saturated carbocycles. The van der Waals surface area contributed by atoms with Crippen LogP contribution in [0.1, 0.15) is 26.7 Å². The van der Waals surface area contributed by atoms with Gasteiger partial charge in [0.1, 0.15) is 12.0 Å². The predicted octanol–water partition coefficient (Wildman–Crippen LogP) is 2.38. The zero-order valence-electron chi connectivity index (χ0n) is 11.7. The van der Waals surface area contributed by atoms with E-state index in [4.69, 9.17) is 4.74 Å². The molecule has 1 aromatic heterocycles. The number of rotatable bonds is 8. The molecule has 1 heterocycles. The Morgan fingerprint density at radius 3 is 2.80 bits per heavy atom. The number of ether oxygens (including phenoxy) is 1. The summed E-state index contributed by atoms with van der Waals surface area (Å²) in [6, 6.07) is 2.93. The van der Waals surface area contributed by atoms with Crippen molar-refractivity contribution in [3.63, 3.8) is 0 Å². The van der Waals surface area contributed by atoms with Crippen molar-refractivity contribution in [2.45, 2.75) is 26.7 Å². The lowest BCUT2D eigenvalue weighted by Gasteiger charge is -2.07. The standard InChI is InChI=1S/C13H19N3O4/c1-10(2)8-13(17)20-7-3-6-14-12-5-4-11(9-15-12)16(18)19/h4-5,9-10H,3,6-8H2,1-2H3,(H,14,15). The van der Waals surface area contributed by atoms with E-state index in [-0.39, 0.29) is 11.7 Å². The van der Waals surface area contributed by atoms with E-state index in [1.165, 1.54) is 12.3 Å². The summed E-state index contributed by atoms with van der Waals surface area (Å²) < 4.78 is 5.05. The van der Waals surface area contributed by atoms with Crippen LogP contribution < -0.4 is 5.32 Å². The van der Waals surface area contributed by atoms with Crippen LogP contribution in [0.15, 0.2) is 18.3 Å². The first kappa shape index (κ1) is 15.9. The normalized spacial score (nSPS) is 10.3. The maximum atomic E-state index is 11.3. The minimum absolute atomic E-state index is 0.0434. The van der Waals surface area contributed by atoms with Crippen molar-refractivity contribution in [3.8, 4) is 0 Å². The molecule has 20 heavy (non-hydrogen) atoms. The van der Waals surface area contributed by atoms with Gasteiger partial charge < -0.3 is 10.1 Å². The first-order chi connectivity index (χ1) is 9.49. The van der Waals surface area contributed by atoms with E-state index in [1.807, 2.05) is 13.8 Å². The summed E-state index contributed by atoms with van der Waals surface area (Å²) in [7, 11) is 0. The smallest absolute Gasteiger partial charge is 0.306 e. The molecule has 7 heteroatoms. The number of nitrogens with one attached hydrogen (secondary N) is 1. The molecule has 0 aromatic carbocycles. The number of hydrogen-bond acceptors (Lipinski definition) is 6. The van der Waals surface area contributed by atoms with Crippen molar-refractivity contribution in [1.29, 1.82) is 0 Å². The average Bonchev–Trinajstić information content (AvgIpc) is 2.38. The molecule has 0 unspecified atom stereocenters. The minimum atomic E-state index is -0.495.